The summed E-state index contributed by atoms with van der Waals surface area (Å²) in [4.78, 5) is 0. The van der Waals surface area contributed by atoms with Crippen LogP contribution >= 0.6 is 11.6 Å². The third-order valence-corrected chi connectivity index (χ3v) is 3.35. The first kappa shape index (κ1) is 11.7. The Morgan fingerprint density at radius 1 is 1.38 bits per heavy atom. The largest absolute Gasteiger partial charge is 0.496 e. The number of hydrogen-bond donors (Lipinski definition) is 1. The fraction of sp³-hybridized carbons (Fsp3) is 0.538. The van der Waals surface area contributed by atoms with Crippen LogP contribution in [0.2, 0.25) is 5.02 Å². The molecule has 3 heteroatoms. The van der Waals surface area contributed by atoms with Gasteiger partial charge in [0.2, 0.25) is 0 Å². The van der Waals surface area contributed by atoms with Gasteiger partial charge in [-0.15, -0.1) is 0 Å². The average molecular weight is 240 g/mol. The van der Waals surface area contributed by atoms with E-state index in [2.05, 4.69) is 0 Å². The highest BCUT2D eigenvalue weighted by atomic mass is 35.5. The first-order chi connectivity index (χ1) is 7.43. The van der Waals surface area contributed by atoms with E-state index < -0.39 is 0 Å². The SMILES string of the molecule is COc1cc(C(C)(C)N)cc(Cl)c1C1CC1. The number of benzene rings is 1. The van der Waals surface area contributed by atoms with E-state index in [0.29, 0.717) is 5.92 Å². The summed E-state index contributed by atoms with van der Waals surface area (Å²) in [5, 5.41) is 0.787. The standard InChI is InChI=1S/C13H18ClNO/c1-13(2,15)9-6-10(14)12(8-4-5-8)11(7-9)16-3/h6-8H,4-5,15H2,1-3H3. The van der Waals surface area contributed by atoms with Crippen LogP contribution in [0.1, 0.15) is 43.7 Å². The second kappa shape index (κ2) is 3.94. The van der Waals surface area contributed by atoms with Crippen LogP contribution < -0.4 is 10.5 Å². The van der Waals surface area contributed by atoms with Crippen LogP contribution in [0.5, 0.6) is 5.75 Å². The molecular weight excluding hydrogens is 222 g/mol. The summed E-state index contributed by atoms with van der Waals surface area (Å²) < 4.78 is 5.42. The zero-order valence-corrected chi connectivity index (χ0v) is 10.8. The molecule has 2 nitrogen and oxygen atoms in total. The Labute approximate surface area is 102 Å². The molecular formula is C13H18ClNO. The normalized spacial score (nSPS) is 16.3. The van der Waals surface area contributed by atoms with Crippen molar-refractivity contribution >= 4 is 11.6 Å². The highest BCUT2D eigenvalue weighted by Crippen LogP contribution is 2.48. The molecule has 1 fully saturated rings. The van der Waals surface area contributed by atoms with Crippen LogP contribution in [0.25, 0.3) is 0 Å². The molecule has 0 bridgehead atoms. The number of halogens is 1. The summed E-state index contributed by atoms with van der Waals surface area (Å²) in [6, 6.07) is 3.98. The zero-order valence-electron chi connectivity index (χ0n) is 10.0. The highest BCUT2D eigenvalue weighted by molar-refractivity contribution is 6.31. The molecule has 16 heavy (non-hydrogen) atoms. The van der Waals surface area contributed by atoms with Gasteiger partial charge in [-0.25, -0.2) is 0 Å². The molecule has 0 atom stereocenters. The summed E-state index contributed by atoms with van der Waals surface area (Å²) in [5.41, 5.74) is 7.85. The van der Waals surface area contributed by atoms with Crippen molar-refractivity contribution in [2.24, 2.45) is 5.73 Å². The molecule has 2 N–H and O–H groups in total. The Kier molecular flexibility index (Phi) is 2.89. The lowest BCUT2D eigenvalue weighted by atomic mass is 9.93. The summed E-state index contributed by atoms with van der Waals surface area (Å²) in [5.74, 6) is 1.46. The van der Waals surface area contributed by atoms with E-state index in [1.807, 2.05) is 26.0 Å². The topological polar surface area (TPSA) is 35.2 Å². The third kappa shape index (κ3) is 2.18. The summed E-state index contributed by atoms with van der Waals surface area (Å²) in [6.45, 7) is 3.93. The minimum absolute atomic E-state index is 0.390. The maximum absolute atomic E-state index is 6.32. The lowest BCUT2D eigenvalue weighted by Gasteiger charge is -2.22. The van der Waals surface area contributed by atoms with E-state index in [4.69, 9.17) is 22.1 Å². The Bertz CT molecular complexity index is 405. The molecule has 0 saturated heterocycles. The van der Waals surface area contributed by atoms with Gasteiger partial charge >= 0.3 is 0 Å². The fourth-order valence-electron chi connectivity index (χ4n) is 1.90. The van der Waals surface area contributed by atoms with Crippen molar-refractivity contribution in [1.29, 1.82) is 0 Å². The molecule has 1 aromatic carbocycles. The van der Waals surface area contributed by atoms with Crippen LogP contribution in [0.3, 0.4) is 0 Å². The van der Waals surface area contributed by atoms with E-state index in [1.54, 1.807) is 7.11 Å². The van der Waals surface area contributed by atoms with Gasteiger partial charge in [0.05, 0.1) is 7.11 Å². The van der Waals surface area contributed by atoms with Gasteiger partial charge in [0, 0.05) is 16.1 Å². The Hall–Kier alpha value is -0.730. The Morgan fingerprint density at radius 3 is 2.44 bits per heavy atom. The van der Waals surface area contributed by atoms with Gasteiger partial charge < -0.3 is 10.5 Å². The van der Waals surface area contributed by atoms with Gasteiger partial charge in [-0.1, -0.05) is 11.6 Å². The smallest absolute Gasteiger partial charge is 0.124 e. The van der Waals surface area contributed by atoms with Crippen molar-refractivity contribution in [2.45, 2.75) is 38.1 Å². The maximum Gasteiger partial charge on any atom is 0.124 e. The molecule has 0 radical (unpaired) electrons. The van der Waals surface area contributed by atoms with Gasteiger partial charge in [0.15, 0.2) is 0 Å². The highest BCUT2D eigenvalue weighted by Gasteiger charge is 2.30. The van der Waals surface area contributed by atoms with E-state index in [-0.39, 0.29) is 5.54 Å². The van der Waals surface area contributed by atoms with Crippen molar-refractivity contribution in [3.8, 4) is 5.75 Å². The van der Waals surface area contributed by atoms with Crippen molar-refractivity contribution in [3.05, 3.63) is 28.3 Å². The van der Waals surface area contributed by atoms with Gasteiger partial charge in [0.1, 0.15) is 5.75 Å². The second-order valence-corrected chi connectivity index (χ2v) is 5.48. The number of rotatable bonds is 3. The van der Waals surface area contributed by atoms with Crippen LogP contribution in [0.15, 0.2) is 12.1 Å². The molecule has 0 heterocycles. The molecule has 0 amide bonds. The Balaban J connectivity index is 2.50. The molecule has 0 aliphatic heterocycles. The maximum atomic E-state index is 6.32. The van der Waals surface area contributed by atoms with E-state index in [0.717, 1.165) is 21.9 Å². The summed E-state index contributed by atoms with van der Waals surface area (Å²) in [7, 11) is 1.69. The summed E-state index contributed by atoms with van der Waals surface area (Å²) >= 11 is 6.32. The zero-order chi connectivity index (χ0) is 11.9. The van der Waals surface area contributed by atoms with E-state index in [1.165, 1.54) is 12.8 Å². The van der Waals surface area contributed by atoms with Crippen LogP contribution in [-0.2, 0) is 5.54 Å². The molecule has 1 aromatic rings. The molecule has 0 aromatic heterocycles. The molecule has 0 spiro atoms. The molecule has 1 aliphatic rings. The number of hydrogen-bond acceptors (Lipinski definition) is 2. The third-order valence-electron chi connectivity index (χ3n) is 3.04. The first-order valence-electron chi connectivity index (χ1n) is 5.60. The monoisotopic (exact) mass is 239 g/mol. The van der Waals surface area contributed by atoms with Crippen LogP contribution in [-0.4, -0.2) is 7.11 Å². The fourth-order valence-corrected chi connectivity index (χ4v) is 2.27. The quantitative estimate of drug-likeness (QED) is 0.877. The van der Waals surface area contributed by atoms with Crippen LogP contribution in [0.4, 0.5) is 0 Å². The molecule has 2 rings (SSSR count). The van der Waals surface area contributed by atoms with E-state index in [9.17, 15) is 0 Å². The van der Waals surface area contributed by atoms with E-state index >= 15 is 0 Å². The second-order valence-electron chi connectivity index (χ2n) is 5.07. The van der Waals surface area contributed by atoms with Crippen LogP contribution in [0, 0.1) is 0 Å². The summed E-state index contributed by atoms with van der Waals surface area (Å²) in [6.07, 6.45) is 2.42. The van der Waals surface area contributed by atoms with Crippen molar-refractivity contribution in [2.75, 3.05) is 7.11 Å². The molecule has 0 unspecified atom stereocenters. The lowest BCUT2D eigenvalue weighted by molar-refractivity contribution is 0.407. The van der Waals surface area contributed by atoms with Crippen molar-refractivity contribution in [1.82, 2.24) is 0 Å². The van der Waals surface area contributed by atoms with Gasteiger partial charge in [0.25, 0.3) is 0 Å². The minimum atomic E-state index is -0.390. The van der Waals surface area contributed by atoms with Gasteiger partial charge in [-0.05, 0) is 50.3 Å². The van der Waals surface area contributed by atoms with Gasteiger partial charge in [-0.3, -0.25) is 0 Å². The number of ether oxygens (including phenoxy) is 1. The number of methoxy groups -OCH3 is 1. The predicted octanol–water partition coefficient (Wildman–Crippen LogP) is 3.42. The van der Waals surface area contributed by atoms with Gasteiger partial charge in [-0.2, -0.15) is 0 Å². The first-order valence-corrected chi connectivity index (χ1v) is 5.98. The molecule has 88 valence electrons. The molecule has 1 saturated carbocycles. The number of nitrogens with two attached hydrogens (primary N) is 1. The lowest BCUT2D eigenvalue weighted by Crippen LogP contribution is -2.28. The van der Waals surface area contributed by atoms with Crippen molar-refractivity contribution in [3.63, 3.8) is 0 Å². The average Bonchev–Trinajstić information content (AvgIpc) is 2.98. The predicted molar refractivity (Wildman–Crippen MR) is 67.2 cm³/mol. The minimum Gasteiger partial charge on any atom is -0.496 e. The van der Waals surface area contributed by atoms with Crippen molar-refractivity contribution < 1.29 is 4.74 Å². The Morgan fingerprint density at radius 2 is 2.00 bits per heavy atom. The molecule has 1 aliphatic carbocycles.